The maximum atomic E-state index is 9.97. The van der Waals surface area contributed by atoms with Gasteiger partial charge in [0.25, 0.3) is 11.9 Å². The van der Waals surface area contributed by atoms with Crippen molar-refractivity contribution in [3.63, 3.8) is 0 Å². The van der Waals surface area contributed by atoms with E-state index >= 15 is 0 Å². The molecule has 2 N–H and O–H groups in total. The number of nitrogens with zero attached hydrogens (tertiary/aromatic N) is 1. The van der Waals surface area contributed by atoms with Crippen LogP contribution in [0.25, 0.3) is 11.3 Å². The molecule has 3 rings (SSSR count). The lowest BCUT2D eigenvalue weighted by molar-refractivity contribution is 0.452. The van der Waals surface area contributed by atoms with Crippen LogP contribution in [-0.4, -0.2) is 16.1 Å². The molecule has 1 aromatic heterocycles. The van der Waals surface area contributed by atoms with E-state index in [4.69, 9.17) is 4.42 Å². The van der Waals surface area contributed by atoms with Crippen molar-refractivity contribution in [1.82, 2.24) is 4.98 Å². The summed E-state index contributed by atoms with van der Waals surface area (Å²) in [5.74, 6) is 0.387. The summed E-state index contributed by atoms with van der Waals surface area (Å²) in [5.41, 5.74) is 0.841. The van der Waals surface area contributed by atoms with Gasteiger partial charge in [-0.15, -0.1) is 0 Å². The van der Waals surface area contributed by atoms with Crippen LogP contribution in [-0.2, 0) is 0 Å². The van der Waals surface area contributed by atoms with E-state index in [1.807, 2.05) is 30.3 Å². The third kappa shape index (κ3) is 3.57. The summed E-state index contributed by atoms with van der Waals surface area (Å²) >= 11 is 0. The van der Waals surface area contributed by atoms with Gasteiger partial charge in [-0.25, -0.2) is 0 Å². The standard InChI is InChI=1S/C17H22N2O2/c20-16-15(13-9-5-4-6-10-13)21-17(19-16)18-14-11-7-2-1-3-8-12-14/h4-6,9-10,14,20H,1-3,7-8,11-12H2,(H,18,19). The number of anilines is 1. The number of rotatable bonds is 3. The number of hydrogen-bond donors (Lipinski definition) is 2. The first-order valence-electron chi connectivity index (χ1n) is 7.84. The second kappa shape index (κ2) is 6.66. The van der Waals surface area contributed by atoms with Gasteiger partial charge in [0.2, 0.25) is 0 Å². The molecule has 0 spiro atoms. The molecule has 0 amide bonds. The molecule has 4 nitrogen and oxygen atoms in total. The van der Waals surface area contributed by atoms with Crippen LogP contribution in [0.2, 0.25) is 0 Å². The Morgan fingerprint density at radius 2 is 1.67 bits per heavy atom. The minimum absolute atomic E-state index is 0.0467. The summed E-state index contributed by atoms with van der Waals surface area (Å²) in [4.78, 5) is 4.11. The van der Waals surface area contributed by atoms with Crippen molar-refractivity contribution in [1.29, 1.82) is 0 Å². The van der Waals surface area contributed by atoms with Gasteiger partial charge in [0.05, 0.1) is 0 Å². The van der Waals surface area contributed by atoms with Gasteiger partial charge in [-0.05, 0) is 12.8 Å². The fourth-order valence-corrected chi connectivity index (χ4v) is 2.93. The molecule has 1 aliphatic rings. The fraction of sp³-hybridized carbons (Fsp3) is 0.471. The van der Waals surface area contributed by atoms with Gasteiger partial charge >= 0.3 is 0 Å². The Hall–Kier alpha value is -1.97. The molecule has 0 radical (unpaired) electrons. The fourth-order valence-electron chi connectivity index (χ4n) is 2.93. The number of oxazole rings is 1. The average molecular weight is 286 g/mol. The SMILES string of the molecule is Oc1nc(NC2CCCCCCC2)oc1-c1ccccc1. The molecular weight excluding hydrogens is 264 g/mol. The van der Waals surface area contributed by atoms with Crippen molar-refractivity contribution in [2.24, 2.45) is 0 Å². The van der Waals surface area contributed by atoms with Gasteiger partial charge in [-0.3, -0.25) is 0 Å². The Balaban J connectivity index is 1.71. The van der Waals surface area contributed by atoms with E-state index in [1.54, 1.807) is 0 Å². The second-order valence-corrected chi connectivity index (χ2v) is 5.72. The van der Waals surface area contributed by atoms with Gasteiger partial charge < -0.3 is 14.8 Å². The van der Waals surface area contributed by atoms with Crippen molar-refractivity contribution >= 4 is 6.01 Å². The minimum Gasteiger partial charge on any atom is -0.490 e. The second-order valence-electron chi connectivity index (χ2n) is 5.72. The predicted octanol–water partition coefficient (Wildman–Crippen LogP) is 4.57. The Kier molecular flexibility index (Phi) is 4.43. The first-order chi connectivity index (χ1) is 10.3. The zero-order valence-corrected chi connectivity index (χ0v) is 12.2. The Morgan fingerprint density at radius 3 is 2.38 bits per heavy atom. The third-order valence-corrected chi connectivity index (χ3v) is 4.08. The van der Waals surface area contributed by atoms with Crippen molar-refractivity contribution in [2.75, 3.05) is 5.32 Å². The van der Waals surface area contributed by atoms with Crippen LogP contribution in [0.5, 0.6) is 5.88 Å². The molecule has 1 aliphatic carbocycles. The molecule has 4 heteroatoms. The van der Waals surface area contributed by atoms with E-state index in [0.29, 0.717) is 17.8 Å². The molecule has 0 atom stereocenters. The summed E-state index contributed by atoms with van der Waals surface area (Å²) < 4.78 is 5.70. The van der Waals surface area contributed by atoms with Crippen LogP contribution in [0.15, 0.2) is 34.7 Å². The first-order valence-corrected chi connectivity index (χ1v) is 7.84. The van der Waals surface area contributed by atoms with E-state index in [1.165, 1.54) is 32.1 Å². The molecule has 2 aromatic rings. The highest BCUT2D eigenvalue weighted by Crippen LogP contribution is 2.32. The van der Waals surface area contributed by atoms with Crippen LogP contribution in [0.1, 0.15) is 44.9 Å². The zero-order chi connectivity index (χ0) is 14.5. The molecule has 0 bridgehead atoms. The molecular formula is C17H22N2O2. The van der Waals surface area contributed by atoms with Crippen LogP contribution in [0, 0.1) is 0 Å². The predicted molar refractivity (Wildman–Crippen MR) is 83.3 cm³/mol. The zero-order valence-electron chi connectivity index (χ0n) is 12.2. The monoisotopic (exact) mass is 286 g/mol. The molecule has 1 aromatic carbocycles. The lowest BCUT2D eigenvalue weighted by Gasteiger charge is -2.19. The quantitative estimate of drug-likeness (QED) is 0.867. The van der Waals surface area contributed by atoms with Crippen LogP contribution < -0.4 is 5.32 Å². The highest BCUT2D eigenvalue weighted by molar-refractivity contribution is 5.63. The van der Waals surface area contributed by atoms with Crippen LogP contribution in [0.4, 0.5) is 6.01 Å². The lowest BCUT2D eigenvalue weighted by Crippen LogP contribution is -2.20. The molecule has 112 valence electrons. The topological polar surface area (TPSA) is 58.3 Å². The highest BCUT2D eigenvalue weighted by atomic mass is 16.4. The summed E-state index contributed by atoms with van der Waals surface area (Å²) in [6, 6.07) is 10.4. The maximum absolute atomic E-state index is 9.97. The van der Waals surface area contributed by atoms with Crippen molar-refractivity contribution < 1.29 is 9.52 Å². The Bertz CT molecular complexity index is 557. The number of hydrogen-bond acceptors (Lipinski definition) is 4. The van der Waals surface area contributed by atoms with Gasteiger partial charge in [0, 0.05) is 11.6 Å². The molecule has 0 aliphatic heterocycles. The van der Waals surface area contributed by atoms with E-state index < -0.39 is 0 Å². The number of aromatic hydroxyl groups is 1. The maximum Gasteiger partial charge on any atom is 0.298 e. The molecule has 21 heavy (non-hydrogen) atoms. The van der Waals surface area contributed by atoms with Crippen molar-refractivity contribution in [3.05, 3.63) is 30.3 Å². The smallest absolute Gasteiger partial charge is 0.298 e. The summed E-state index contributed by atoms with van der Waals surface area (Å²) in [5, 5.41) is 13.3. The number of aromatic nitrogens is 1. The molecule has 0 unspecified atom stereocenters. The van der Waals surface area contributed by atoms with Gasteiger partial charge in [-0.1, -0.05) is 62.4 Å². The normalized spacial score (nSPS) is 17.1. The highest BCUT2D eigenvalue weighted by Gasteiger charge is 2.17. The number of nitrogens with one attached hydrogen (secondary N) is 1. The first kappa shape index (κ1) is 14.0. The summed E-state index contributed by atoms with van der Waals surface area (Å²) in [6.07, 6.45) is 8.75. The van der Waals surface area contributed by atoms with E-state index in [-0.39, 0.29) is 5.88 Å². The third-order valence-electron chi connectivity index (χ3n) is 4.08. The van der Waals surface area contributed by atoms with Gasteiger partial charge in [0.1, 0.15) is 0 Å². The minimum atomic E-state index is -0.0467. The Labute approximate surface area is 125 Å². The van der Waals surface area contributed by atoms with Gasteiger partial charge in [0.15, 0.2) is 5.76 Å². The largest absolute Gasteiger partial charge is 0.490 e. The molecule has 1 heterocycles. The van der Waals surface area contributed by atoms with Gasteiger partial charge in [-0.2, -0.15) is 4.98 Å². The molecule has 1 saturated carbocycles. The lowest BCUT2D eigenvalue weighted by atomic mass is 9.97. The van der Waals surface area contributed by atoms with Crippen LogP contribution in [0.3, 0.4) is 0 Å². The Morgan fingerprint density at radius 1 is 1.00 bits per heavy atom. The molecule has 1 fully saturated rings. The van der Waals surface area contributed by atoms with Crippen molar-refractivity contribution in [3.8, 4) is 17.2 Å². The molecule has 0 saturated heterocycles. The van der Waals surface area contributed by atoms with E-state index in [0.717, 1.165) is 18.4 Å². The van der Waals surface area contributed by atoms with E-state index in [2.05, 4.69) is 10.3 Å². The van der Waals surface area contributed by atoms with Crippen molar-refractivity contribution in [2.45, 2.75) is 51.0 Å². The van der Waals surface area contributed by atoms with Crippen LogP contribution >= 0.6 is 0 Å². The summed E-state index contributed by atoms with van der Waals surface area (Å²) in [6.45, 7) is 0. The summed E-state index contributed by atoms with van der Waals surface area (Å²) in [7, 11) is 0. The average Bonchev–Trinajstić information content (AvgIpc) is 2.83. The van der Waals surface area contributed by atoms with E-state index in [9.17, 15) is 5.11 Å². The number of benzene rings is 1.